The number of carboxylic acids is 1. The lowest BCUT2D eigenvalue weighted by atomic mass is 9.99. The van der Waals surface area contributed by atoms with Crippen molar-refractivity contribution in [2.75, 3.05) is 11.5 Å². The Hall–Kier alpha value is -3.39. The van der Waals surface area contributed by atoms with E-state index in [4.69, 9.17) is 10.5 Å². The van der Waals surface area contributed by atoms with Crippen molar-refractivity contribution >= 4 is 57.7 Å². The number of aromatic nitrogens is 1. The minimum Gasteiger partial charge on any atom is -0.477 e. The maximum atomic E-state index is 12.7. The molecule has 0 aliphatic carbocycles. The highest BCUT2D eigenvalue weighted by Gasteiger charge is 2.54. The second-order valence-corrected chi connectivity index (χ2v) is 8.67. The van der Waals surface area contributed by atoms with E-state index in [9.17, 15) is 29.5 Å². The first-order valence-corrected chi connectivity index (χ1v) is 10.8. The Bertz CT molecular complexity index is 1080. The Kier molecular flexibility index (Phi) is 5.41. The second-order valence-electron chi connectivity index (χ2n) is 6.68. The summed E-state index contributed by atoms with van der Waals surface area (Å²) < 4.78 is 5.06. The quantitative estimate of drug-likeness (QED) is 0.140. The highest BCUT2D eigenvalue weighted by Crippen LogP contribution is 2.41. The van der Waals surface area contributed by atoms with Gasteiger partial charge in [0.15, 0.2) is 10.8 Å². The highest BCUT2D eigenvalue weighted by molar-refractivity contribution is 8.00. The number of carboxylic acid groups (broad SMARTS) is 1. The van der Waals surface area contributed by atoms with Crippen LogP contribution in [0, 0.1) is 0 Å². The fraction of sp³-hybridized carbons (Fsp3) is 0.294. The third kappa shape index (κ3) is 3.74. The minimum absolute atomic E-state index is 0.0509. The molecule has 1 fully saturated rings. The van der Waals surface area contributed by atoms with Gasteiger partial charge in [-0.25, -0.2) is 14.6 Å². The van der Waals surface area contributed by atoms with Gasteiger partial charge >= 0.3 is 11.9 Å². The third-order valence-electron chi connectivity index (χ3n) is 4.78. The first-order chi connectivity index (χ1) is 14.8. The van der Waals surface area contributed by atoms with Crippen LogP contribution >= 0.6 is 23.1 Å². The summed E-state index contributed by atoms with van der Waals surface area (Å²) in [6, 6.07) is -1.01. The van der Waals surface area contributed by atoms with E-state index in [1.165, 1.54) is 29.3 Å². The first-order valence-electron chi connectivity index (χ1n) is 8.83. The van der Waals surface area contributed by atoms with Crippen LogP contribution in [0.2, 0.25) is 0 Å². The summed E-state index contributed by atoms with van der Waals surface area (Å²) in [5.41, 5.74) is 5.43. The number of thioether (sulfide) groups is 1. The van der Waals surface area contributed by atoms with E-state index >= 15 is 0 Å². The molecule has 1 unspecified atom stereocenters. The van der Waals surface area contributed by atoms with Gasteiger partial charge in [-0.15, -0.1) is 23.1 Å². The van der Waals surface area contributed by atoms with Gasteiger partial charge in [-0.3, -0.25) is 14.5 Å². The van der Waals surface area contributed by atoms with Crippen molar-refractivity contribution < 1.29 is 34.2 Å². The first kappa shape index (κ1) is 20.9. The number of nitrogen functional groups attached to an aromatic ring is 1. The van der Waals surface area contributed by atoms with Crippen molar-refractivity contribution in [3.63, 3.8) is 0 Å². The number of oxime groups is 1. The lowest BCUT2D eigenvalue weighted by Crippen LogP contribution is -2.71. The molecule has 3 aliphatic rings. The largest absolute Gasteiger partial charge is 0.477 e. The van der Waals surface area contributed by atoms with E-state index in [-0.39, 0.29) is 28.7 Å². The number of anilines is 1. The predicted octanol–water partition coefficient (Wildman–Crippen LogP) is -0.486. The van der Waals surface area contributed by atoms with Crippen LogP contribution in [0.3, 0.4) is 0 Å². The number of nitrogens with one attached hydrogen (secondary N) is 1. The van der Waals surface area contributed by atoms with Crippen molar-refractivity contribution in [1.82, 2.24) is 15.2 Å². The Labute approximate surface area is 182 Å². The Morgan fingerprint density at radius 2 is 2.19 bits per heavy atom. The van der Waals surface area contributed by atoms with Gasteiger partial charge in [-0.05, 0) is 11.6 Å². The van der Waals surface area contributed by atoms with E-state index in [1.54, 1.807) is 0 Å². The van der Waals surface area contributed by atoms with Crippen LogP contribution in [0.5, 0.6) is 0 Å². The topological polar surface area (TPSA) is 185 Å². The number of amides is 2. The van der Waals surface area contributed by atoms with Crippen LogP contribution in [-0.4, -0.2) is 72.9 Å². The van der Waals surface area contributed by atoms with Crippen molar-refractivity contribution in [2.45, 2.75) is 23.9 Å². The van der Waals surface area contributed by atoms with Gasteiger partial charge in [0.1, 0.15) is 28.9 Å². The number of carbonyl (C=O) groups excluding carboxylic acids is 3. The van der Waals surface area contributed by atoms with Gasteiger partial charge in [0.25, 0.3) is 11.8 Å². The molecule has 1 aromatic heterocycles. The van der Waals surface area contributed by atoms with Crippen LogP contribution in [0.1, 0.15) is 12.1 Å². The molecule has 0 saturated carbocycles. The number of thiazole rings is 1. The lowest BCUT2D eigenvalue weighted by Gasteiger charge is -2.49. The summed E-state index contributed by atoms with van der Waals surface area (Å²) >= 11 is 2.32. The average molecular weight is 465 g/mol. The van der Waals surface area contributed by atoms with E-state index < -0.39 is 47.0 Å². The lowest BCUT2D eigenvalue weighted by molar-refractivity contribution is -0.150. The molecule has 0 radical (unpaired) electrons. The summed E-state index contributed by atoms with van der Waals surface area (Å²) in [5, 5.41) is 25.2. The summed E-state index contributed by atoms with van der Waals surface area (Å²) in [7, 11) is 0. The molecule has 162 valence electrons. The summed E-state index contributed by atoms with van der Waals surface area (Å²) in [6.07, 6.45) is 2.36. The number of hydrogen-bond acceptors (Lipinski definition) is 11. The number of hydrogen-bond donors (Lipinski definition) is 4. The SMILES string of the molecule is Nc1nc(/C(=N/O)C(=O)N[C@@H]2C(=O)N3C(C(=O)O)=C(CC4C=CC(=O)O4)CS[C@H]23)cs1. The maximum Gasteiger partial charge on any atom is 0.352 e. The molecule has 1 saturated heterocycles. The number of nitrogens with two attached hydrogens (primary N) is 1. The van der Waals surface area contributed by atoms with E-state index in [0.717, 1.165) is 16.2 Å². The minimum atomic E-state index is -1.29. The van der Waals surface area contributed by atoms with Crippen LogP contribution in [0.15, 0.2) is 34.0 Å². The summed E-state index contributed by atoms with van der Waals surface area (Å²) in [5.74, 6) is -2.99. The van der Waals surface area contributed by atoms with Gasteiger partial charge in [-0.1, -0.05) is 5.16 Å². The van der Waals surface area contributed by atoms with Gasteiger partial charge in [0, 0.05) is 23.6 Å². The molecular formula is C17H15N5O7S2. The molecule has 14 heteroatoms. The van der Waals surface area contributed by atoms with Crippen LogP contribution in [0.4, 0.5) is 5.13 Å². The molecule has 2 amide bonds. The number of ether oxygens (including phenoxy) is 1. The average Bonchev–Trinajstić information content (AvgIpc) is 3.34. The highest BCUT2D eigenvalue weighted by atomic mass is 32.2. The Morgan fingerprint density at radius 1 is 1.42 bits per heavy atom. The number of carbonyl (C=O) groups is 4. The van der Waals surface area contributed by atoms with Gasteiger partial charge in [0.05, 0.1) is 0 Å². The Balaban J connectivity index is 1.50. The monoisotopic (exact) mass is 465 g/mol. The number of nitrogens with zero attached hydrogens (tertiary/aromatic N) is 3. The van der Waals surface area contributed by atoms with E-state index in [2.05, 4.69) is 15.5 Å². The molecule has 0 bridgehead atoms. The van der Waals surface area contributed by atoms with E-state index in [0.29, 0.717) is 5.57 Å². The van der Waals surface area contributed by atoms with Gasteiger partial charge in [0.2, 0.25) is 0 Å². The number of rotatable bonds is 6. The zero-order chi connectivity index (χ0) is 22.3. The molecule has 31 heavy (non-hydrogen) atoms. The molecule has 4 heterocycles. The summed E-state index contributed by atoms with van der Waals surface area (Å²) in [6.45, 7) is 0. The van der Waals surface area contributed by atoms with E-state index in [1.807, 2.05) is 0 Å². The maximum absolute atomic E-state index is 12.7. The number of cyclic esters (lactones) is 1. The van der Waals surface area contributed by atoms with Crippen LogP contribution in [-0.2, 0) is 23.9 Å². The number of aliphatic carboxylic acids is 1. The van der Waals surface area contributed by atoms with Gasteiger partial charge < -0.3 is 26.1 Å². The predicted molar refractivity (Wildman–Crippen MR) is 108 cm³/mol. The normalized spacial score (nSPS) is 25.2. The molecule has 0 spiro atoms. The molecule has 3 aliphatic heterocycles. The zero-order valence-corrected chi connectivity index (χ0v) is 17.2. The van der Waals surface area contributed by atoms with Crippen molar-refractivity contribution in [2.24, 2.45) is 5.16 Å². The molecular weight excluding hydrogens is 450 g/mol. The molecule has 1 aromatic rings. The summed E-state index contributed by atoms with van der Waals surface area (Å²) in [4.78, 5) is 53.3. The molecule has 4 rings (SSSR count). The third-order valence-corrected chi connectivity index (χ3v) is 6.79. The van der Waals surface area contributed by atoms with Crippen LogP contribution < -0.4 is 11.1 Å². The number of fused-ring (bicyclic) bond motifs is 1. The molecule has 3 atom stereocenters. The smallest absolute Gasteiger partial charge is 0.352 e. The van der Waals surface area contributed by atoms with Crippen molar-refractivity contribution in [1.29, 1.82) is 0 Å². The molecule has 12 nitrogen and oxygen atoms in total. The van der Waals surface area contributed by atoms with Crippen molar-refractivity contribution in [3.8, 4) is 0 Å². The molecule has 0 aromatic carbocycles. The van der Waals surface area contributed by atoms with Gasteiger partial charge in [-0.2, -0.15) is 0 Å². The standard InChI is InChI=1S/C17H15N5O7S2/c18-17-19-8(5-31-17)10(21-28)13(24)20-11-14(25)22-12(16(26)27)6(4-30-15(11)22)3-7-1-2-9(23)29-7/h1-2,5,7,11,15,28H,3-4H2,(H2,18,19)(H,20,24)(H,26,27)/b21-10-/t7?,11-,15-/m1/s1. The Morgan fingerprint density at radius 3 is 2.77 bits per heavy atom. The van der Waals surface area contributed by atoms with Crippen molar-refractivity contribution in [3.05, 3.63) is 34.5 Å². The fourth-order valence-electron chi connectivity index (χ4n) is 3.43. The molecule has 5 N–H and O–H groups in total. The second kappa shape index (κ2) is 8.03. The zero-order valence-electron chi connectivity index (χ0n) is 15.5. The number of esters is 1. The number of β-lactam (4-membered cyclic amide) rings is 1. The van der Waals surface area contributed by atoms with Crippen LogP contribution in [0.25, 0.3) is 0 Å². The fourth-order valence-corrected chi connectivity index (χ4v) is 5.33.